The highest BCUT2D eigenvalue weighted by Crippen LogP contribution is 2.50. The van der Waals surface area contributed by atoms with E-state index in [1.807, 2.05) is 48.5 Å². The zero-order valence-corrected chi connectivity index (χ0v) is 30.7. The molecule has 1 N–H and O–H groups in total. The van der Waals surface area contributed by atoms with Crippen molar-refractivity contribution in [3.05, 3.63) is 163 Å². The van der Waals surface area contributed by atoms with Gasteiger partial charge in [0.1, 0.15) is 17.9 Å². The maximum absolute atomic E-state index is 14.3. The molecule has 3 aliphatic rings. The smallest absolute Gasteiger partial charge is 0.335 e. The summed E-state index contributed by atoms with van der Waals surface area (Å²) in [5.74, 6) is -0.602. The van der Waals surface area contributed by atoms with Gasteiger partial charge >= 0.3 is 6.03 Å². The van der Waals surface area contributed by atoms with E-state index < -0.39 is 17.8 Å². The fourth-order valence-electron chi connectivity index (χ4n) is 7.49. The number of rotatable bonds is 7. The highest BCUT2D eigenvalue weighted by molar-refractivity contribution is 9.10. The monoisotopic (exact) mass is 801 g/mol. The summed E-state index contributed by atoms with van der Waals surface area (Å²) in [4.78, 5) is 44.6. The van der Waals surface area contributed by atoms with Gasteiger partial charge in [-0.3, -0.25) is 14.9 Å². The van der Waals surface area contributed by atoms with Crippen molar-refractivity contribution in [2.75, 3.05) is 22.9 Å². The van der Waals surface area contributed by atoms with Gasteiger partial charge in [-0.25, -0.2) is 9.69 Å². The molecule has 0 bridgehead atoms. The van der Waals surface area contributed by atoms with Crippen molar-refractivity contribution >= 4 is 67.2 Å². The van der Waals surface area contributed by atoms with Crippen molar-refractivity contribution in [1.29, 1.82) is 0 Å². The Bertz CT molecular complexity index is 2120. The first-order chi connectivity index (χ1) is 24.8. The number of benzene rings is 5. The van der Waals surface area contributed by atoms with Gasteiger partial charge in [0.2, 0.25) is 0 Å². The second-order valence-corrected chi connectivity index (χ2v) is 14.8. The third-order valence-corrected chi connectivity index (χ3v) is 11.1. The number of carbonyl (C=O) groups excluding carboxylic acids is 3. The average molecular weight is 804 g/mol. The van der Waals surface area contributed by atoms with E-state index in [1.165, 1.54) is 22.9 Å². The normalized spacial score (nSPS) is 19.2. The predicted molar refractivity (Wildman–Crippen MR) is 206 cm³/mol. The van der Waals surface area contributed by atoms with Crippen molar-refractivity contribution < 1.29 is 19.1 Å². The molecular weight excluding hydrogens is 770 g/mol. The van der Waals surface area contributed by atoms with E-state index in [0.717, 1.165) is 52.0 Å². The van der Waals surface area contributed by atoms with E-state index in [2.05, 4.69) is 90.6 Å². The molecule has 2 atom stereocenters. The van der Waals surface area contributed by atoms with Gasteiger partial charge in [-0.2, -0.15) is 0 Å². The van der Waals surface area contributed by atoms with Crippen LogP contribution in [0.1, 0.15) is 58.1 Å². The summed E-state index contributed by atoms with van der Waals surface area (Å²) >= 11 is 7.03. The molecule has 3 aliphatic heterocycles. The lowest BCUT2D eigenvalue weighted by molar-refractivity contribution is -0.122. The fourth-order valence-corrected chi connectivity index (χ4v) is 8.27. The van der Waals surface area contributed by atoms with Crippen molar-refractivity contribution in [2.45, 2.75) is 31.3 Å². The molecule has 254 valence electrons. The van der Waals surface area contributed by atoms with Gasteiger partial charge in [0.15, 0.2) is 0 Å². The fraction of sp³-hybridized carbons (Fsp3) is 0.167. The van der Waals surface area contributed by atoms with Crippen LogP contribution in [-0.4, -0.2) is 30.9 Å². The van der Waals surface area contributed by atoms with Gasteiger partial charge in [-0.15, -0.1) is 0 Å². The zero-order chi connectivity index (χ0) is 35.1. The van der Waals surface area contributed by atoms with Crippen molar-refractivity contribution in [1.82, 2.24) is 5.32 Å². The summed E-state index contributed by atoms with van der Waals surface area (Å²) in [7, 11) is 0. The van der Waals surface area contributed by atoms with Gasteiger partial charge in [0, 0.05) is 35.1 Å². The maximum Gasteiger partial charge on any atom is 0.335 e. The summed E-state index contributed by atoms with van der Waals surface area (Å²) in [5, 5.41) is 2.43. The van der Waals surface area contributed by atoms with Crippen LogP contribution in [0, 0.1) is 0 Å². The Labute approximate surface area is 313 Å². The second kappa shape index (κ2) is 14.0. The Kier molecular flexibility index (Phi) is 9.08. The number of hydrogen-bond acceptors (Lipinski definition) is 5. The average Bonchev–Trinajstić information content (AvgIpc) is 3.14. The number of ether oxygens (including phenoxy) is 1. The third-order valence-electron chi connectivity index (χ3n) is 9.93. The van der Waals surface area contributed by atoms with Crippen LogP contribution in [0.25, 0.3) is 6.08 Å². The Morgan fingerprint density at radius 2 is 1.35 bits per heavy atom. The first-order valence-electron chi connectivity index (χ1n) is 16.9. The van der Waals surface area contributed by atoms with E-state index in [4.69, 9.17) is 4.74 Å². The molecule has 51 heavy (non-hydrogen) atoms. The molecule has 0 aliphatic carbocycles. The molecule has 0 unspecified atom stereocenters. The Morgan fingerprint density at radius 1 is 0.745 bits per heavy atom. The molecule has 3 heterocycles. The minimum Gasteiger partial charge on any atom is -0.488 e. The molecular formula is C42H33Br2N3O4. The largest absolute Gasteiger partial charge is 0.488 e. The van der Waals surface area contributed by atoms with Crippen LogP contribution in [0.5, 0.6) is 5.75 Å². The van der Waals surface area contributed by atoms with Gasteiger partial charge in [-0.1, -0.05) is 94.8 Å². The van der Waals surface area contributed by atoms with Gasteiger partial charge in [0.05, 0.1) is 10.2 Å². The second-order valence-electron chi connectivity index (χ2n) is 13.0. The molecule has 0 saturated carbocycles. The van der Waals surface area contributed by atoms with Crippen LogP contribution in [0.3, 0.4) is 0 Å². The predicted octanol–water partition coefficient (Wildman–Crippen LogP) is 9.33. The van der Waals surface area contributed by atoms with E-state index in [9.17, 15) is 14.4 Å². The zero-order valence-electron chi connectivity index (χ0n) is 27.5. The van der Waals surface area contributed by atoms with Gasteiger partial charge in [0.25, 0.3) is 11.8 Å². The lowest BCUT2D eigenvalue weighted by Gasteiger charge is -2.44. The third kappa shape index (κ3) is 6.52. The summed E-state index contributed by atoms with van der Waals surface area (Å²) in [5.41, 5.74) is 7.69. The molecule has 1 fully saturated rings. The number of amides is 4. The number of urea groups is 1. The van der Waals surface area contributed by atoms with Crippen LogP contribution >= 0.6 is 31.9 Å². The van der Waals surface area contributed by atoms with E-state index in [-0.39, 0.29) is 17.4 Å². The number of nitrogens with one attached hydrogen (secondary N) is 1. The first-order valence-corrected chi connectivity index (χ1v) is 18.5. The summed E-state index contributed by atoms with van der Waals surface area (Å²) in [6.45, 7) is 2.23. The Morgan fingerprint density at radius 3 is 1.94 bits per heavy atom. The minimum atomic E-state index is -0.761. The van der Waals surface area contributed by atoms with Crippen LogP contribution in [0.4, 0.5) is 16.2 Å². The van der Waals surface area contributed by atoms with Gasteiger partial charge in [-0.05, 0) is 105 Å². The topological polar surface area (TPSA) is 79.0 Å². The Balaban J connectivity index is 1.16. The standard InChI is InChI=1S/C42H33Br2N3O4/c43-30-14-11-26(12-15-30)25-51-38-16-13-27(22-37(38)44)21-36-40(48)45-42(50)47(41(36)49)31-23-34-32(28-7-3-1-4-8-28)17-19-46-20-18-33(35(24-31)39(34)46)29-9-5-2-6-10-29/h1-16,21-24,32-33H,17-20,25H2,(H,45,48,50)/b36-21+/t32-,33-/m1/s1. The van der Waals surface area contributed by atoms with E-state index >= 15 is 0 Å². The lowest BCUT2D eigenvalue weighted by Crippen LogP contribution is -2.54. The summed E-state index contributed by atoms with van der Waals surface area (Å²) in [6, 6.07) is 37.2. The van der Waals surface area contributed by atoms with Crippen LogP contribution in [0.2, 0.25) is 0 Å². The molecule has 0 aromatic heterocycles. The number of halogens is 2. The van der Waals surface area contributed by atoms with Gasteiger partial charge < -0.3 is 9.64 Å². The van der Waals surface area contributed by atoms with Crippen LogP contribution < -0.4 is 19.9 Å². The lowest BCUT2D eigenvalue weighted by atomic mass is 9.76. The number of carbonyl (C=O) groups is 3. The summed E-state index contributed by atoms with van der Waals surface area (Å²) in [6.07, 6.45) is 3.35. The Hall–Kier alpha value is -4.99. The molecule has 5 aromatic carbocycles. The SMILES string of the molecule is O=C1NC(=O)N(c2cc3c4c(c2)[C@@H](c2ccccc2)CCN4CC[C@@H]3c2ccccc2)C(=O)/C1=C/c1ccc(OCc2ccc(Br)cc2)c(Br)c1. The molecule has 0 spiro atoms. The van der Waals surface area contributed by atoms with Crippen LogP contribution in [0.15, 0.2) is 130 Å². The van der Waals surface area contributed by atoms with E-state index in [1.54, 1.807) is 18.2 Å². The highest BCUT2D eigenvalue weighted by Gasteiger charge is 2.40. The molecule has 4 amide bonds. The molecule has 1 saturated heterocycles. The number of nitrogens with zero attached hydrogens (tertiary/aromatic N) is 2. The number of anilines is 2. The summed E-state index contributed by atoms with van der Waals surface area (Å²) < 4.78 is 7.68. The quantitative estimate of drug-likeness (QED) is 0.131. The van der Waals surface area contributed by atoms with Crippen molar-refractivity contribution in [3.8, 4) is 5.75 Å². The van der Waals surface area contributed by atoms with Crippen LogP contribution in [-0.2, 0) is 16.2 Å². The molecule has 0 radical (unpaired) electrons. The van der Waals surface area contributed by atoms with Crippen molar-refractivity contribution in [3.63, 3.8) is 0 Å². The maximum atomic E-state index is 14.3. The van der Waals surface area contributed by atoms with Crippen molar-refractivity contribution in [2.24, 2.45) is 0 Å². The molecule has 5 aromatic rings. The number of barbiturate groups is 1. The number of hydrogen-bond donors (Lipinski definition) is 1. The highest BCUT2D eigenvalue weighted by atomic mass is 79.9. The van der Waals surface area contributed by atoms with E-state index in [0.29, 0.717) is 28.1 Å². The first kappa shape index (κ1) is 33.2. The molecule has 7 nitrogen and oxygen atoms in total. The molecule has 8 rings (SSSR count). The molecule has 9 heteroatoms. The minimum absolute atomic E-state index is 0.0899. The number of imide groups is 2.